The summed E-state index contributed by atoms with van der Waals surface area (Å²) in [5.74, 6) is -0.421. The van der Waals surface area contributed by atoms with Gasteiger partial charge < -0.3 is 10.5 Å². The molecule has 3 aromatic rings. The van der Waals surface area contributed by atoms with Gasteiger partial charge in [0, 0.05) is 24.2 Å². The SMILES string of the molecule is Cc1nn(C)c2nc(C3CC3)cc(C(=O)Oc3cccc(C(N)=O)c3)c12. The Hall–Kier alpha value is -3.22. The Morgan fingerprint density at radius 1 is 1.27 bits per heavy atom. The molecule has 26 heavy (non-hydrogen) atoms. The number of aryl methyl sites for hydroxylation is 2. The fraction of sp³-hybridized carbons (Fsp3) is 0.263. The Bertz CT molecular complexity index is 1050. The van der Waals surface area contributed by atoms with Gasteiger partial charge in [0.15, 0.2) is 5.65 Å². The number of hydrogen-bond acceptors (Lipinski definition) is 5. The third-order valence-electron chi connectivity index (χ3n) is 4.53. The topological polar surface area (TPSA) is 100 Å². The summed E-state index contributed by atoms with van der Waals surface area (Å²) in [7, 11) is 1.81. The highest BCUT2D eigenvalue weighted by Crippen LogP contribution is 2.40. The van der Waals surface area contributed by atoms with Crippen LogP contribution in [0.2, 0.25) is 0 Å². The van der Waals surface area contributed by atoms with Crippen LogP contribution in [0.4, 0.5) is 0 Å². The Kier molecular flexibility index (Phi) is 3.72. The monoisotopic (exact) mass is 350 g/mol. The van der Waals surface area contributed by atoms with Crippen molar-refractivity contribution < 1.29 is 14.3 Å². The van der Waals surface area contributed by atoms with Gasteiger partial charge in [0.25, 0.3) is 0 Å². The van der Waals surface area contributed by atoms with Crippen LogP contribution >= 0.6 is 0 Å². The van der Waals surface area contributed by atoms with Crippen LogP contribution in [0.25, 0.3) is 11.0 Å². The van der Waals surface area contributed by atoms with Crippen molar-refractivity contribution in [3.8, 4) is 5.75 Å². The lowest BCUT2D eigenvalue weighted by Gasteiger charge is -2.09. The van der Waals surface area contributed by atoms with Crippen LogP contribution in [0.3, 0.4) is 0 Å². The van der Waals surface area contributed by atoms with Crippen molar-refractivity contribution in [3.05, 3.63) is 52.8 Å². The molecule has 0 saturated heterocycles. The second kappa shape index (κ2) is 5.94. The molecule has 1 aromatic carbocycles. The van der Waals surface area contributed by atoms with Gasteiger partial charge in [-0.25, -0.2) is 9.78 Å². The molecular weight excluding hydrogens is 332 g/mol. The number of amides is 1. The number of esters is 1. The molecule has 2 aromatic heterocycles. The van der Waals surface area contributed by atoms with Crippen LogP contribution < -0.4 is 10.5 Å². The molecular formula is C19H18N4O3. The number of nitrogens with zero attached hydrogens (tertiary/aromatic N) is 3. The summed E-state index contributed by atoms with van der Waals surface area (Å²) in [4.78, 5) is 28.9. The molecule has 7 nitrogen and oxygen atoms in total. The van der Waals surface area contributed by atoms with Gasteiger partial charge in [-0.05, 0) is 44.0 Å². The molecule has 7 heteroatoms. The standard InChI is InChI=1S/C19H18N4O3/c1-10-16-14(9-15(11-6-7-11)21-18(16)23(2)22-10)19(25)26-13-5-3-4-12(8-13)17(20)24/h3-5,8-9,11H,6-7H2,1-2H3,(H2,20,24). The van der Waals surface area contributed by atoms with E-state index >= 15 is 0 Å². The molecule has 0 aliphatic heterocycles. The quantitative estimate of drug-likeness (QED) is 0.575. The van der Waals surface area contributed by atoms with Gasteiger partial charge in [0.05, 0.1) is 16.6 Å². The van der Waals surface area contributed by atoms with Gasteiger partial charge in [-0.15, -0.1) is 0 Å². The van der Waals surface area contributed by atoms with Gasteiger partial charge in [0.1, 0.15) is 5.75 Å². The maximum atomic E-state index is 12.9. The van der Waals surface area contributed by atoms with E-state index in [1.165, 1.54) is 6.07 Å². The molecule has 1 fully saturated rings. The predicted octanol–water partition coefficient (Wildman–Crippen LogP) is 2.47. The lowest BCUT2D eigenvalue weighted by molar-refractivity contribution is 0.0735. The van der Waals surface area contributed by atoms with Crippen LogP contribution in [-0.4, -0.2) is 26.6 Å². The number of rotatable bonds is 4. The average molecular weight is 350 g/mol. The van der Waals surface area contributed by atoms with Crippen LogP contribution in [0, 0.1) is 6.92 Å². The van der Waals surface area contributed by atoms with Crippen LogP contribution in [0.5, 0.6) is 5.75 Å². The number of fused-ring (bicyclic) bond motifs is 1. The molecule has 1 amide bonds. The van der Waals surface area contributed by atoms with E-state index < -0.39 is 11.9 Å². The number of carbonyl (C=O) groups excluding carboxylic acids is 2. The lowest BCUT2D eigenvalue weighted by atomic mass is 10.1. The minimum absolute atomic E-state index is 0.269. The molecule has 132 valence electrons. The fourth-order valence-electron chi connectivity index (χ4n) is 3.09. The lowest BCUT2D eigenvalue weighted by Crippen LogP contribution is -2.13. The number of benzene rings is 1. The average Bonchev–Trinajstić information content (AvgIpc) is 3.41. The van der Waals surface area contributed by atoms with E-state index in [1.807, 2.05) is 14.0 Å². The van der Waals surface area contributed by atoms with E-state index in [2.05, 4.69) is 10.1 Å². The number of primary amides is 1. The second-order valence-corrected chi connectivity index (χ2v) is 6.56. The highest BCUT2D eigenvalue weighted by atomic mass is 16.5. The van der Waals surface area contributed by atoms with Crippen LogP contribution in [-0.2, 0) is 7.05 Å². The second-order valence-electron chi connectivity index (χ2n) is 6.56. The largest absolute Gasteiger partial charge is 0.423 e. The molecule has 2 N–H and O–H groups in total. The van der Waals surface area contributed by atoms with Gasteiger partial charge in [-0.3, -0.25) is 9.48 Å². The first-order chi connectivity index (χ1) is 12.4. The summed E-state index contributed by atoms with van der Waals surface area (Å²) >= 11 is 0. The minimum atomic E-state index is -0.576. The van der Waals surface area contributed by atoms with Crippen molar-refractivity contribution in [2.75, 3.05) is 0 Å². The highest BCUT2D eigenvalue weighted by Gasteiger charge is 2.29. The smallest absolute Gasteiger partial charge is 0.344 e. The first kappa shape index (κ1) is 16.3. The van der Waals surface area contributed by atoms with Crippen molar-refractivity contribution in [2.45, 2.75) is 25.7 Å². The number of hydrogen-bond donors (Lipinski definition) is 1. The number of pyridine rings is 1. The van der Waals surface area contributed by atoms with Crippen molar-refractivity contribution in [3.63, 3.8) is 0 Å². The number of aromatic nitrogens is 3. The van der Waals surface area contributed by atoms with E-state index in [9.17, 15) is 9.59 Å². The van der Waals surface area contributed by atoms with Gasteiger partial charge >= 0.3 is 5.97 Å². The summed E-state index contributed by atoms with van der Waals surface area (Å²) in [6, 6.07) is 8.06. The number of nitrogens with two attached hydrogens (primary N) is 1. The summed E-state index contributed by atoms with van der Waals surface area (Å²) in [6.45, 7) is 1.84. The minimum Gasteiger partial charge on any atom is -0.423 e. The molecule has 4 rings (SSSR count). The number of carbonyl (C=O) groups is 2. The number of ether oxygens (including phenoxy) is 1. The zero-order valence-corrected chi connectivity index (χ0v) is 14.5. The van der Waals surface area contributed by atoms with Crippen molar-refractivity contribution in [1.29, 1.82) is 0 Å². The van der Waals surface area contributed by atoms with Crippen molar-refractivity contribution in [2.24, 2.45) is 12.8 Å². The van der Waals surface area contributed by atoms with Gasteiger partial charge in [-0.1, -0.05) is 6.07 Å². The third kappa shape index (κ3) is 2.81. The molecule has 1 aliphatic rings. The van der Waals surface area contributed by atoms with E-state index in [0.29, 0.717) is 22.5 Å². The first-order valence-corrected chi connectivity index (χ1v) is 8.40. The Labute approximate surface area is 149 Å². The molecule has 1 aliphatic carbocycles. The summed E-state index contributed by atoms with van der Waals surface area (Å²) in [5, 5.41) is 5.07. The predicted molar refractivity (Wildman–Crippen MR) is 95.1 cm³/mol. The zero-order chi connectivity index (χ0) is 18.4. The maximum absolute atomic E-state index is 12.9. The van der Waals surface area contributed by atoms with E-state index in [-0.39, 0.29) is 11.3 Å². The van der Waals surface area contributed by atoms with E-state index in [1.54, 1.807) is 28.9 Å². The summed E-state index contributed by atoms with van der Waals surface area (Å²) in [6.07, 6.45) is 2.15. The molecule has 0 atom stereocenters. The van der Waals surface area contributed by atoms with E-state index in [4.69, 9.17) is 10.5 Å². The fourth-order valence-corrected chi connectivity index (χ4v) is 3.09. The third-order valence-corrected chi connectivity index (χ3v) is 4.53. The Morgan fingerprint density at radius 3 is 2.73 bits per heavy atom. The molecule has 1 saturated carbocycles. The Morgan fingerprint density at radius 2 is 2.04 bits per heavy atom. The van der Waals surface area contributed by atoms with Gasteiger partial charge in [0.2, 0.25) is 5.91 Å². The maximum Gasteiger partial charge on any atom is 0.344 e. The van der Waals surface area contributed by atoms with Crippen molar-refractivity contribution >= 4 is 22.9 Å². The normalized spacial score (nSPS) is 13.8. The van der Waals surface area contributed by atoms with E-state index in [0.717, 1.165) is 24.2 Å². The highest BCUT2D eigenvalue weighted by molar-refractivity contribution is 6.04. The zero-order valence-electron chi connectivity index (χ0n) is 14.5. The van der Waals surface area contributed by atoms with Crippen molar-refractivity contribution in [1.82, 2.24) is 14.8 Å². The molecule has 0 bridgehead atoms. The first-order valence-electron chi connectivity index (χ1n) is 8.40. The molecule has 0 unspecified atom stereocenters. The Balaban J connectivity index is 1.76. The van der Waals surface area contributed by atoms with Crippen LogP contribution in [0.15, 0.2) is 30.3 Å². The molecule has 0 spiro atoms. The molecule has 0 radical (unpaired) electrons. The summed E-state index contributed by atoms with van der Waals surface area (Å²) < 4.78 is 7.19. The summed E-state index contributed by atoms with van der Waals surface area (Å²) in [5.41, 5.74) is 8.28. The van der Waals surface area contributed by atoms with Crippen LogP contribution in [0.1, 0.15) is 50.9 Å². The van der Waals surface area contributed by atoms with Gasteiger partial charge in [-0.2, -0.15) is 5.10 Å². The molecule has 2 heterocycles.